The summed E-state index contributed by atoms with van der Waals surface area (Å²) in [5.74, 6) is -0.844. The van der Waals surface area contributed by atoms with Gasteiger partial charge in [-0.2, -0.15) is 0 Å². The molecule has 0 unspecified atom stereocenters. The second-order valence-electron chi connectivity index (χ2n) is 3.15. The molecule has 0 fully saturated rings. The van der Waals surface area contributed by atoms with Gasteiger partial charge in [-0.1, -0.05) is 0 Å². The number of aromatic nitrogens is 1. The molecule has 0 spiro atoms. The molecule has 1 rings (SSSR count). The van der Waals surface area contributed by atoms with Crippen LogP contribution in [0.3, 0.4) is 0 Å². The van der Waals surface area contributed by atoms with E-state index in [-0.39, 0.29) is 6.54 Å². The molecule has 0 amide bonds. The predicted octanol–water partition coefficient (Wildman–Crippen LogP) is 0.109. The lowest BCUT2D eigenvalue weighted by molar-refractivity contribution is 0.542. The Hall–Kier alpha value is -1.05. The number of hydrogen-bond acceptors (Lipinski definition) is 4. The van der Waals surface area contributed by atoms with Gasteiger partial charge in [0.1, 0.15) is 0 Å². The van der Waals surface area contributed by atoms with Crippen LogP contribution in [0.4, 0.5) is 4.39 Å². The fourth-order valence-corrected chi connectivity index (χ4v) is 2.18. The van der Waals surface area contributed by atoms with Gasteiger partial charge in [-0.15, -0.1) is 0 Å². The van der Waals surface area contributed by atoms with Gasteiger partial charge in [0.2, 0.25) is 5.03 Å². The van der Waals surface area contributed by atoms with E-state index in [4.69, 9.17) is 0 Å². The number of nitrogens with zero attached hydrogens (tertiary/aromatic N) is 1. The van der Waals surface area contributed by atoms with Crippen molar-refractivity contribution in [3.63, 3.8) is 0 Å². The molecule has 7 heteroatoms. The summed E-state index contributed by atoms with van der Waals surface area (Å²) in [7, 11) is -2.06. The Balaban J connectivity index is 2.68. The van der Waals surface area contributed by atoms with Gasteiger partial charge in [0.25, 0.3) is 10.0 Å². The molecule has 0 aromatic carbocycles. The molecular weight excluding hydrogens is 233 g/mol. The number of pyridine rings is 1. The van der Waals surface area contributed by atoms with Gasteiger partial charge in [0.05, 0.1) is 0 Å². The number of rotatable bonds is 6. The third kappa shape index (κ3) is 3.51. The lowest BCUT2D eigenvalue weighted by Gasteiger charge is -2.06. The van der Waals surface area contributed by atoms with E-state index in [2.05, 4.69) is 15.0 Å². The Labute approximate surface area is 94.1 Å². The van der Waals surface area contributed by atoms with Gasteiger partial charge >= 0.3 is 0 Å². The van der Waals surface area contributed by atoms with Gasteiger partial charge in [0, 0.05) is 12.7 Å². The second-order valence-corrected chi connectivity index (χ2v) is 4.83. The molecule has 0 bridgehead atoms. The molecule has 1 aromatic heterocycles. The van der Waals surface area contributed by atoms with Crippen molar-refractivity contribution >= 4 is 10.0 Å². The van der Waals surface area contributed by atoms with Crippen molar-refractivity contribution in [2.24, 2.45) is 0 Å². The normalized spacial score (nSPS) is 11.6. The maximum Gasteiger partial charge on any atom is 0.261 e. The molecular formula is C9H14FN3O2S. The highest BCUT2D eigenvalue weighted by Gasteiger charge is 2.19. The zero-order valence-electron chi connectivity index (χ0n) is 8.90. The van der Waals surface area contributed by atoms with Crippen molar-refractivity contribution in [3.05, 3.63) is 24.1 Å². The Morgan fingerprint density at radius 3 is 2.81 bits per heavy atom. The summed E-state index contributed by atoms with van der Waals surface area (Å²) in [6.07, 6.45) is 1.87. The molecule has 1 aromatic rings. The van der Waals surface area contributed by atoms with E-state index in [1.54, 1.807) is 7.05 Å². The molecule has 0 saturated heterocycles. The first-order valence-electron chi connectivity index (χ1n) is 4.82. The van der Waals surface area contributed by atoms with Crippen LogP contribution < -0.4 is 10.0 Å². The quantitative estimate of drug-likeness (QED) is 0.700. The van der Waals surface area contributed by atoms with Crippen LogP contribution in [0.25, 0.3) is 0 Å². The van der Waals surface area contributed by atoms with Gasteiger partial charge < -0.3 is 5.32 Å². The summed E-state index contributed by atoms with van der Waals surface area (Å²) in [5.41, 5.74) is 0. The van der Waals surface area contributed by atoms with Crippen LogP contribution in [0.5, 0.6) is 0 Å². The number of halogens is 1. The standard InChI is InChI=1S/C9H14FN3O2S/c1-11-5-3-7-13-16(14,15)9-8(10)4-2-6-12-9/h2,4,6,11,13H,3,5,7H2,1H3. The summed E-state index contributed by atoms with van der Waals surface area (Å²) < 4.78 is 38.6. The van der Waals surface area contributed by atoms with Crippen LogP contribution in [0, 0.1) is 5.82 Å². The lowest BCUT2D eigenvalue weighted by Crippen LogP contribution is -2.28. The largest absolute Gasteiger partial charge is 0.320 e. The molecule has 0 aliphatic rings. The SMILES string of the molecule is CNCCCNS(=O)(=O)c1ncccc1F. The van der Waals surface area contributed by atoms with E-state index in [9.17, 15) is 12.8 Å². The maximum absolute atomic E-state index is 13.2. The van der Waals surface area contributed by atoms with Crippen LogP contribution in [0.1, 0.15) is 6.42 Å². The zero-order chi connectivity index (χ0) is 12.0. The van der Waals surface area contributed by atoms with Crippen molar-refractivity contribution < 1.29 is 12.8 Å². The van der Waals surface area contributed by atoms with Crippen LogP contribution in [0.2, 0.25) is 0 Å². The van der Waals surface area contributed by atoms with Crippen molar-refractivity contribution in [1.82, 2.24) is 15.0 Å². The summed E-state index contributed by atoms with van der Waals surface area (Å²) in [5, 5.41) is 2.32. The number of hydrogen-bond donors (Lipinski definition) is 2. The first-order valence-corrected chi connectivity index (χ1v) is 6.31. The highest BCUT2D eigenvalue weighted by molar-refractivity contribution is 7.89. The molecule has 0 atom stereocenters. The average Bonchev–Trinajstić information content (AvgIpc) is 2.25. The number of sulfonamides is 1. The fourth-order valence-electron chi connectivity index (χ4n) is 1.11. The predicted molar refractivity (Wildman–Crippen MR) is 57.9 cm³/mol. The Kier molecular flexibility index (Phi) is 4.78. The summed E-state index contributed by atoms with van der Waals surface area (Å²) >= 11 is 0. The second kappa shape index (κ2) is 5.88. The Morgan fingerprint density at radius 2 is 2.19 bits per heavy atom. The van der Waals surface area contributed by atoms with E-state index in [0.717, 1.165) is 6.07 Å². The van der Waals surface area contributed by atoms with Crippen molar-refractivity contribution in [2.75, 3.05) is 20.1 Å². The molecule has 0 saturated carbocycles. The van der Waals surface area contributed by atoms with Gasteiger partial charge in [-0.25, -0.2) is 22.5 Å². The smallest absolute Gasteiger partial charge is 0.261 e. The summed E-state index contributed by atoms with van der Waals surface area (Å²) in [6, 6.07) is 2.41. The third-order valence-corrected chi connectivity index (χ3v) is 3.27. The molecule has 5 nitrogen and oxygen atoms in total. The fraction of sp³-hybridized carbons (Fsp3) is 0.444. The monoisotopic (exact) mass is 247 g/mol. The molecule has 0 aliphatic carbocycles. The highest BCUT2D eigenvalue weighted by Crippen LogP contribution is 2.09. The highest BCUT2D eigenvalue weighted by atomic mass is 32.2. The lowest BCUT2D eigenvalue weighted by atomic mass is 10.4. The Bertz CT molecular complexity index is 436. The van der Waals surface area contributed by atoms with Crippen molar-refractivity contribution in [1.29, 1.82) is 0 Å². The first-order chi connectivity index (χ1) is 7.58. The topological polar surface area (TPSA) is 71.1 Å². The molecule has 16 heavy (non-hydrogen) atoms. The minimum Gasteiger partial charge on any atom is -0.320 e. The number of nitrogens with one attached hydrogen (secondary N) is 2. The van der Waals surface area contributed by atoms with Gasteiger partial charge in [0.15, 0.2) is 5.82 Å². The van der Waals surface area contributed by atoms with Crippen LogP contribution >= 0.6 is 0 Å². The molecule has 0 aliphatic heterocycles. The molecule has 90 valence electrons. The maximum atomic E-state index is 13.2. The van der Waals surface area contributed by atoms with Crippen molar-refractivity contribution in [3.8, 4) is 0 Å². The summed E-state index contributed by atoms with van der Waals surface area (Å²) in [6.45, 7) is 0.937. The van der Waals surface area contributed by atoms with Crippen LogP contribution in [0.15, 0.2) is 23.4 Å². The minimum absolute atomic E-state index is 0.249. The van der Waals surface area contributed by atoms with E-state index in [0.29, 0.717) is 13.0 Å². The van der Waals surface area contributed by atoms with E-state index < -0.39 is 20.9 Å². The minimum atomic E-state index is -3.84. The molecule has 2 N–H and O–H groups in total. The molecule has 1 heterocycles. The van der Waals surface area contributed by atoms with Crippen LogP contribution in [-0.2, 0) is 10.0 Å². The van der Waals surface area contributed by atoms with E-state index in [1.165, 1.54) is 12.3 Å². The van der Waals surface area contributed by atoms with E-state index in [1.807, 2.05) is 0 Å². The van der Waals surface area contributed by atoms with E-state index >= 15 is 0 Å². The Morgan fingerprint density at radius 1 is 1.44 bits per heavy atom. The third-order valence-electron chi connectivity index (χ3n) is 1.87. The molecule has 0 radical (unpaired) electrons. The zero-order valence-corrected chi connectivity index (χ0v) is 9.72. The summed E-state index contributed by atoms with van der Waals surface area (Å²) in [4.78, 5) is 3.51. The van der Waals surface area contributed by atoms with Gasteiger partial charge in [-0.3, -0.25) is 0 Å². The van der Waals surface area contributed by atoms with Gasteiger partial charge in [-0.05, 0) is 32.1 Å². The van der Waals surface area contributed by atoms with Crippen molar-refractivity contribution in [2.45, 2.75) is 11.4 Å². The first kappa shape index (κ1) is 13.0. The van der Waals surface area contributed by atoms with Crippen LogP contribution in [-0.4, -0.2) is 33.5 Å². The average molecular weight is 247 g/mol.